The van der Waals surface area contributed by atoms with Gasteiger partial charge in [-0.15, -0.1) is 0 Å². The van der Waals surface area contributed by atoms with Crippen LogP contribution in [0, 0.1) is 11.8 Å². The normalized spacial score (nSPS) is 12.5. The molecule has 1 unspecified atom stereocenters. The van der Waals surface area contributed by atoms with E-state index in [1.54, 1.807) is 0 Å². The zero-order valence-corrected chi connectivity index (χ0v) is 39.0. The van der Waals surface area contributed by atoms with Gasteiger partial charge in [-0.25, -0.2) is 0 Å². The minimum absolute atomic E-state index is 0.0642. The van der Waals surface area contributed by atoms with E-state index in [4.69, 9.17) is 14.2 Å². The molecule has 0 aliphatic rings. The molecule has 338 valence electrons. The molecular weight excluding hydrogens is 709 g/mol. The van der Waals surface area contributed by atoms with Crippen LogP contribution in [0.15, 0.2) is 0 Å². The first kappa shape index (κ1) is 55.4. The minimum atomic E-state index is -0.760. The van der Waals surface area contributed by atoms with Crippen LogP contribution in [-0.4, -0.2) is 37.2 Å². The first-order chi connectivity index (χ1) is 27.8. The number of rotatable bonds is 45. The van der Waals surface area contributed by atoms with Gasteiger partial charge in [0.1, 0.15) is 13.2 Å². The largest absolute Gasteiger partial charge is 0.462 e. The topological polar surface area (TPSA) is 78.9 Å². The summed E-state index contributed by atoms with van der Waals surface area (Å²) in [5.74, 6) is 0.848. The standard InChI is InChI=1S/C51H98O6/c1-6-8-9-10-11-19-26-31-36-41-49(52)55-44-48(57-51(54)43-38-33-28-23-18-20-24-29-34-39-46(3)4)45-56-50(53)42-37-32-27-22-17-15-13-12-14-16-21-25-30-35-40-47(5)7-2/h46-48H,6-45H2,1-5H3/t47?,48-/m1/s1. The summed E-state index contributed by atoms with van der Waals surface area (Å²) in [7, 11) is 0. The molecule has 0 radical (unpaired) electrons. The first-order valence-electron chi connectivity index (χ1n) is 25.3. The Balaban J connectivity index is 4.24. The predicted octanol–water partition coefficient (Wildman–Crippen LogP) is 16.1. The third-order valence-corrected chi connectivity index (χ3v) is 11.8. The second kappa shape index (κ2) is 44.0. The molecule has 0 amide bonds. The maximum absolute atomic E-state index is 12.7. The molecule has 0 rings (SSSR count). The molecular formula is C51H98O6. The van der Waals surface area contributed by atoms with E-state index in [2.05, 4.69) is 34.6 Å². The number of carbonyl (C=O) groups is 3. The monoisotopic (exact) mass is 807 g/mol. The van der Waals surface area contributed by atoms with Gasteiger partial charge in [-0.1, -0.05) is 240 Å². The van der Waals surface area contributed by atoms with E-state index in [0.29, 0.717) is 19.3 Å². The third-order valence-electron chi connectivity index (χ3n) is 11.8. The van der Waals surface area contributed by atoms with Gasteiger partial charge < -0.3 is 14.2 Å². The van der Waals surface area contributed by atoms with Gasteiger partial charge in [-0.05, 0) is 31.1 Å². The Morgan fingerprint density at radius 1 is 0.368 bits per heavy atom. The van der Waals surface area contributed by atoms with Gasteiger partial charge in [-0.2, -0.15) is 0 Å². The van der Waals surface area contributed by atoms with Gasteiger partial charge in [0.25, 0.3) is 0 Å². The van der Waals surface area contributed by atoms with Gasteiger partial charge in [0.15, 0.2) is 6.10 Å². The maximum Gasteiger partial charge on any atom is 0.306 e. The van der Waals surface area contributed by atoms with Crippen LogP contribution in [0.3, 0.4) is 0 Å². The van der Waals surface area contributed by atoms with Crippen molar-refractivity contribution in [3.8, 4) is 0 Å². The quantitative estimate of drug-likeness (QED) is 0.0346. The van der Waals surface area contributed by atoms with E-state index < -0.39 is 6.10 Å². The summed E-state index contributed by atoms with van der Waals surface area (Å²) in [4.78, 5) is 37.8. The number of unbranched alkanes of at least 4 members (excludes halogenated alkanes) is 29. The highest BCUT2D eigenvalue weighted by Crippen LogP contribution is 2.18. The van der Waals surface area contributed by atoms with Gasteiger partial charge in [0.2, 0.25) is 0 Å². The molecule has 0 aromatic carbocycles. The highest BCUT2D eigenvalue weighted by molar-refractivity contribution is 5.71. The van der Waals surface area contributed by atoms with Crippen LogP contribution in [-0.2, 0) is 28.6 Å². The summed E-state index contributed by atoms with van der Waals surface area (Å²) in [6.07, 6.45) is 43.7. The maximum atomic E-state index is 12.7. The summed E-state index contributed by atoms with van der Waals surface area (Å²) in [5, 5.41) is 0. The zero-order valence-electron chi connectivity index (χ0n) is 39.0. The van der Waals surface area contributed by atoms with E-state index in [1.807, 2.05) is 0 Å². The Morgan fingerprint density at radius 3 is 1.00 bits per heavy atom. The Kier molecular flexibility index (Phi) is 42.7. The molecule has 0 spiro atoms. The van der Waals surface area contributed by atoms with Crippen molar-refractivity contribution in [3.63, 3.8) is 0 Å². The predicted molar refractivity (Wildman–Crippen MR) is 243 cm³/mol. The molecule has 0 aliphatic carbocycles. The van der Waals surface area contributed by atoms with Crippen molar-refractivity contribution in [1.29, 1.82) is 0 Å². The van der Waals surface area contributed by atoms with Crippen LogP contribution >= 0.6 is 0 Å². The lowest BCUT2D eigenvalue weighted by molar-refractivity contribution is -0.167. The molecule has 0 aliphatic heterocycles. The second-order valence-electron chi connectivity index (χ2n) is 18.2. The fourth-order valence-corrected chi connectivity index (χ4v) is 7.60. The van der Waals surface area contributed by atoms with Crippen molar-refractivity contribution in [3.05, 3.63) is 0 Å². The summed E-state index contributed by atoms with van der Waals surface area (Å²) >= 11 is 0. The smallest absolute Gasteiger partial charge is 0.306 e. The summed E-state index contributed by atoms with van der Waals surface area (Å²) in [5.41, 5.74) is 0. The minimum Gasteiger partial charge on any atom is -0.462 e. The molecule has 0 heterocycles. The molecule has 0 aromatic heterocycles. The van der Waals surface area contributed by atoms with Crippen molar-refractivity contribution in [2.45, 2.75) is 285 Å². The summed E-state index contributed by atoms with van der Waals surface area (Å²) in [6, 6.07) is 0. The molecule has 6 nitrogen and oxygen atoms in total. The van der Waals surface area contributed by atoms with Crippen LogP contribution in [0.2, 0.25) is 0 Å². The van der Waals surface area contributed by atoms with Crippen LogP contribution in [0.4, 0.5) is 0 Å². The van der Waals surface area contributed by atoms with E-state index in [-0.39, 0.29) is 31.1 Å². The Hall–Kier alpha value is -1.59. The molecule has 0 aromatic rings. The molecule has 57 heavy (non-hydrogen) atoms. The van der Waals surface area contributed by atoms with Gasteiger partial charge in [0, 0.05) is 19.3 Å². The number of hydrogen-bond acceptors (Lipinski definition) is 6. The van der Waals surface area contributed by atoms with Crippen LogP contribution in [0.5, 0.6) is 0 Å². The highest BCUT2D eigenvalue weighted by Gasteiger charge is 2.19. The highest BCUT2D eigenvalue weighted by atomic mass is 16.6. The van der Waals surface area contributed by atoms with Crippen molar-refractivity contribution in [2.75, 3.05) is 13.2 Å². The fraction of sp³-hybridized carbons (Fsp3) is 0.941. The number of ether oxygens (including phenoxy) is 3. The molecule has 6 heteroatoms. The lowest BCUT2D eigenvalue weighted by Gasteiger charge is -2.18. The van der Waals surface area contributed by atoms with E-state index >= 15 is 0 Å². The van der Waals surface area contributed by atoms with Gasteiger partial charge >= 0.3 is 17.9 Å². The number of hydrogen-bond donors (Lipinski definition) is 0. The molecule has 2 atom stereocenters. The number of carbonyl (C=O) groups excluding carboxylic acids is 3. The van der Waals surface area contributed by atoms with E-state index in [9.17, 15) is 14.4 Å². The summed E-state index contributed by atoms with van der Waals surface area (Å²) in [6.45, 7) is 11.4. The van der Waals surface area contributed by atoms with Crippen LogP contribution in [0.1, 0.15) is 279 Å². The van der Waals surface area contributed by atoms with Crippen molar-refractivity contribution >= 4 is 17.9 Å². The number of esters is 3. The molecule has 0 saturated carbocycles. The lowest BCUT2D eigenvalue weighted by Crippen LogP contribution is -2.30. The van der Waals surface area contributed by atoms with Gasteiger partial charge in [0.05, 0.1) is 0 Å². The van der Waals surface area contributed by atoms with E-state index in [0.717, 1.165) is 69.6 Å². The Bertz CT molecular complexity index is 872. The third kappa shape index (κ3) is 43.8. The lowest BCUT2D eigenvalue weighted by atomic mass is 9.99. The average molecular weight is 807 g/mol. The van der Waals surface area contributed by atoms with Crippen molar-refractivity contribution in [1.82, 2.24) is 0 Å². The zero-order chi connectivity index (χ0) is 41.9. The Morgan fingerprint density at radius 2 is 0.667 bits per heavy atom. The molecule has 0 fully saturated rings. The molecule has 0 saturated heterocycles. The van der Waals surface area contributed by atoms with E-state index in [1.165, 1.54) is 167 Å². The van der Waals surface area contributed by atoms with Gasteiger partial charge in [-0.3, -0.25) is 14.4 Å². The van der Waals surface area contributed by atoms with Crippen molar-refractivity contribution in [2.24, 2.45) is 11.8 Å². The molecule has 0 N–H and O–H groups in total. The summed E-state index contributed by atoms with van der Waals surface area (Å²) < 4.78 is 16.8. The average Bonchev–Trinajstić information content (AvgIpc) is 3.19. The van der Waals surface area contributed by atoms with Crippen molar-refractivity contribution < 1.29 is 28.6 Å². The first-order valence-corrected chi connectivity index (χ1v) is 25.3. The SMILES string of the molecule is CCCCCCCCCCCC(=O)OC[C@H](COC(=O)CCCCCCCCCCCCCCCCC(C)CC)OC(=O)CCCCCCCCCCCC(C)C. The van der Waals surface area contributed by atoms with Crippen LogP contribution < -0.4 is 0 Å². The second-order valence-corrected chi connectivity index (χ2v) is 18.2. The Labute approximate surface area is 355 Å². The fourth-order valence-electron chi connectivity index (χ4n) is 7.60. The van der Waals surface area contributed by atoms with Crippen LogP contribution in [0.25, 0.3) is 0 Å². The molecule has 0 bridgehead atoms.